The van der Waals surface area contributed by atoms with E-state index in [1.54, 1.807) is 0 Å². The summed E-state index contributed by atoms with van der Waals surface area (Å²) < 4.78 is 26.3. The van der Waals surface area contributed by atoms with E-state index in [9.17, 15) is 13.9 Å². The Balaban J connectivity index is 1.83. The largest absolute Gasteiger partial charge is 0.390 e. The molecule has 0 heterocycles. The minimum atomic E-state index is -0.841. The molecule has 0 amide bonds. The van der Waals surface area contributed by atoms with Gasteiger partial charge >= 0.3 is 0 Å². The molecule has 5 heteroatoms. The van der Waals surface area contributed by atoms with Crippen LogP contribution in [-0.2, 0) is 13.0 Å². The number of aliphatic hydroxyl groups excluding tert-OH is 1. The van der Waals surface area contributed by atoms with Gasteiger partial charge in [-0.3, -0.25) is 0 Å². The molecule has 2 atom stereocenters. The summed E-state index contributed by atoms with van der Waals surface area (Å²) in [5.74, 6) is 1.25. The minimum absolute atomic E-state index is 0.185. The Kier molecular flexibility index (Phi) is 6.44. The van der Waals surface area contributed by atoms with Crippen molar-refractivity contribution in [3.63, 3.8) is 0 Å². The van der Waals surface area contributed by atoms with E-state index in [4.69, 9.17) is 12.2 Å². The van der Waals surface area contributed by atoms with Crippen LogP contribution in [0, 0.1) is 24.0 Å². The normalized spacial score (nSPS) is 13.3. The Bertz CT molecular complexity index is 707. The lowest BCUT2D eigenvalue weighted by atomic mass is 10.0. The van der Waals surface area contributed by atoms with Crippen LogP contribution in [0.15, 0.2) is 42.5 Å². The Morgan fingerprint density at radius 3 is 2.50 bits per heavy atom. The third kappa shape index (κ3) is 5.43. The van der Waals surface area contributed by atoms with Gasteiger partial charge in [-0.2, -0.15) is 0 Å². The molecule has 0 spiro atoms. The lowest BCUT2D eigenvalue weighted by Crippen LogP contribution is -2.43. The van der Waals surface area contributed by atoms with E-state index in [0.717, 1.165) is 17.2 Å². The molecule has 0 bridgehead atoms. The highest BCUT2D eigenvalue weighted by Crippen LogP contribution is 2.11. The number of nitrogens with two attached hydrogens (primary N) is 1. The van der Waals surface area contributed by atoms with Crippen molar-refractivity contribution in [2.75, 3.05) is 6.54 Å². The fourth-order valence-corrected chi connectivity index (χ4v) is 2.42. The van der Waals surface area contributed by atoms with Gasteiger partial charge in [-0.25, -0.2) is 8.78 Å². The van der Waals surface area contributed by atoms with Gasteiger partial charge in [0.05, 0.1) is 6.10 Å². The highest BCUT2D eigenvalue weighted by Gasteiger charge is 2.16. The number of halogens is 2. The molecule has 126 valence electrons. The molecule has 0 aliphatic rings. The van der Waals surface area contributed by atoms with Crippen LogP contribution >= 0.6 is 0 Å². The summed E-state index contributed by atoms with van der Waals surface area (Å²) in [5.41, 5.74) is 8.12. The van der Waals surface area contributed by atoms with Crippen LogP contribution in [-0.4, -0.2) is 23.8 Å². The van der Waals surface area contributed by atoms with Gasteiger partial charge in [-0.05, 0) is 41.8 Å². The summed E-state index contributed by atoms with van der Waals surface area (Å²) in [7, 11) is 0. The zero-order chi connectivity index (χ0) is 17.5. The van der Waals surface area contributed by atoms with Crippen molar-refractivity contribution in [1.29, 1.82) is 0 Å². The Morgan fingerprint density at radius 1 is 1.12 bits per heavy atom. The van der Waals surface area contributed by atoms with Gasteiger partial charge in [-0.1, -0.05) is 18.1 Å². The van der Waals surface area contributed by atoms with E-state index in [2.05, 4.69) is 11.2 Å². The van der Waals surface area contributed by atoms with Crippen LogP contribution in [0.4, 0.5) is 8.78 Å². The first-order chi connectivity index (χ1) is 11.5. The van der Waals surface area contributed by atoms with Crippen LogP contribution < -0.4 is 11.1 Å². The number of rotatable bonds is 7. The second-order valence-electron chi connectivity index (χ2n) is 5.69. The molecular formula is C19H20F2N2O. The van der Waals surface area contributed by atoms with Gasteiger partial charge in [0.1, 0.15) is 11.6 Å². The molecule has 2 rings (SSSR count). The van der Waals surface area contributed by atoms with Gasteiger partial charge in [0, 0.05) is 30.8 Å². The average molecular weight is 330 g/mol. The number of hydrogen-bond acceptors (Lipinski definition) is 3. The molecular weight excluding hydrogens is 310 g/mol. The fourth-order valence-electron chi connectivity index (χ4n) is 2.42. The smallest absolute Gasteiger partial charge is 0.126 e. The summed E-state index contributed by atoms with van der Waals surface area (Å²) in [6.45, 7) is 0.799. The summed E-state index contributed by atoms with van der Waals surface area (Å²) in [5, 5.41) is 13.2. The zero-order valence-corrected chi connectivity index (χ0v) is 13.2. The van der Waals surface area contributed by atoms with E-state index >= 15 is 0 Å². The van der Waals surface area contributed by atoms with Gasteiger partial charge in [0.25, 0.3) is 0 Å². The van der Waals surface area contributed by atoms with Gasteiger partial charge < -0.3 is 16.2 Å². The predicted octanol–water partition coefficient (Wildman–Crippen LogP) is 1.97. The van der Waals surface area contributed by atoms with Crippen molar-refractivity contribution in [3.05, 3.63) is 70.8 Å². The van der Waals surface area contributed by atoms with Crippen LogP contribution in [0.5, 0.6) is 0 Å². The Hall–Kier alpha value is -2.26. The maximum atomic E-state index is 13.2. The van der Waals surface area contributed by atoms with Crippen molar-refractivity contribution < 1.29 is 13.9 Å². The number of hydrogen-bond donors (Lipinski definition) is 3. The SMILES string of the molecule is C#Cc1cccc(CNC[C@@H](O)[C@@H](N)Cc2cc(F)cc(F)c2)c1. The molecule has 0 aromatic heterocycles. The first-order valence-electron chi connectivity index (χ1n) is 7.63. The van der Waals surface area contributed by atoms with E-state index in [1.807, 2.05) is 24.3 Å². The van der Waals surface area contributed by atoms with E-state index in [-0.39, 0.29) is 13.0 Å². The number of benzene rings is 2. The van der Waals surface area contributed by atoms with Crippen molar-refractivity contribution in [2.45, 2.75) is 25.1 Å². The van der Waals surface area contributed by atoms with Crippen molar-refractivity contribution in [3.8, 4) is 12.3 Å². The van der Waals surface area contributed by atoms with Crippen LogP contribution in [0.3, 0.4) is 0 Å². The third-order valence-electron chi connectivity index (χ3n) is 3.66. The molecule has 0 saturated heterocycles. The second kappa shape index (κ2) is 8.55. The maximum absolute atomic E-state index is 13.2. The van der Waals surface area contributed by atoms with Gasteiger partial charge in [0.2, 0.25) is 0 Å². The number of nitrogens with one attached hydrogen (secondary N) is 1. The van der Waals surface area contributed by atoms with Gasteiger partial charge in [0.15, 0.2) is 0 Å². The molecule has 0 aliphatic heterocycles. The van der Waals surface area contributed by atoms with E-state index in [1.165, 1.54) is 12.1 Å². The molecule has 2 aromatic carbocycles. The first-order valence-corrected chi connectivity index (χ1v) is 7.63. The molecule has 4 N–H and O–H groups in total. The monoisotopic (exact) mass is 330 g/mol. The average Bonchev–Trinajstić information content (AvgIpc) is 2.54. The molecule has 3 nitrogen and oxygen atoms in total. The van der Waals surface area contributed by atoms with Crippen molar-refractivity contribution in [1.82, 2.24) is 5.32 Å². The van der Waals surface area contributed by atoms with E-state index in [0.29, 0.717) is 12.1 Å². The molecule has 24 heavy (non-hydrogen) atoms. The molecule has 2 aromatic rings. The highest BCUT2D eigenvalue weighted by molar-refractivity contribution is 5.35. The Morgan fingerprint density at radius 2 is 1.83 bits per heavy atom. The summed E-state index contributed by atoms with van der Waals surface area (Å²) in [6.07, 6.45) is 4.69. The van der Waals surface area contributed by atoms with Crippen LogP contribution in [0.25, 0.3) is 0 Å². The molecule has 0 saturated carbocycles. The molecule has 0 radical (unpaired) electrons. The second-order valence-corrected chi connectivity index (χ2v) is 5.69. The Labute approximate surface area is 140 Å². The standard InChI is InChI=1S/C19H20F2N2O/c1-2-13-4-3-5-14(6-13)11-23-12-19(24)18(22)9-15-7-16(20)10-17(21)8-15/h1,3-8,10,18-19,23-24H,9,11-12,22H2/t18-,19+/m0/s1. The first kappa shape index (κ1) is 18.1. The number of terminal acetylenes is 1. The summed E-state index contributed by atoms with van der Waals surface area (Å²) in [6, 6.07) is 10.1. The maximum Gasteiger partial charge on any atom is 0.126 e. The van der Waals surface area contributed by atoms with Crippen LogP contribution in [0.1, 0.15) is 16.7 Å². The highest BCUT2D eigenvalue weighted by atomic mass is 19.1. The van der Waals surface area contributed by atoms with Gasteiger partial charge in [-0.15, -0.1) is 6.42 Å². The zero-order valence-electron chi connectivity index (χ0n) is 13.2. The molecule has 0 aliphatic carbocycles. The molecule has 0 fully saturated rings. The third-order valence-corrected chi connectivity index (χ3v) is 3.66. The summed E-state index contributed by atoms with van der Waals surface area (Å²) >= 11 is 0. The van der Waals surface area contributed by atoms with E-state index < -0.39 is 23.8 Å². The van der Waals surface area contributed by atoms with Crippen molar-refractivity contribution in [2.24, 2.45) is 5.73 Å². The molecule has 0 unspecified atom stereocenters. The quantitative estimate of drug-likeness (QED) is 0.680. The lowest BCUT2D eigenvalue weighted by molar-refractivity contribution is 0.141. The topological polar surface area (TPSA) is 58.3 Å². The summed E-state index contributed by atoms with van der Waals surface area (Å²) in [4.78, 5) is 0. The predicted molar refractivity (Wildman–Crippen MR) is 90.1 cm³/mol. The van der Waals surface area contributed by atoms with Crippen LogP contribution in [0.2, 0.25) is 0 Å². The lowest BCUT2D eigenvalue weighted by Gasteiger charge is -2.19. The number of aliphatic hydroxyl groups is 1. The fraction of sp³-hybridized carbons (Fsp3) is 0.263. The van der Waals surface area contributed by atoms with Crippen molar-refractivity contribution >= 4 is 0 Å². The minimum Gasteiger partial charge on any atom is -0.390 e.